The smallest absolute Gasteiger partial charge is 0.0405 e. The number of hydrogen-bond donors (Lipinski definition) is 0. The quantitative estimate of drug-likeness (QED) is 0.654. The van der Waals surface area contributed by atoms with E-state index in [2.05, 4.69) is 51.6 Å². The second-order valence-corrected chi connectivity index (χ2v) is 4.98. The fourth-order valence-corrected chi connectivity index (χ4v) is 1.70. The maximum absolute atomic E-state index is 4.15. The van der Waals surface area contributed by atoms with Crippen molar-refractivity contribution in [3.05, 3.63) is 29.5 Å². The monoisotopic (exact) mass is 203 g/mol. The average Bonchev–Trinajstić information content (AvgIpc) is 2.42. The SMILES string of the molecule is CCC(C)(C)C1=CC=C=NC=C1C(C)C. The van der Waals surface area contributed by atoms with Crippen LogP contribution in [0, 0.1) is 11.3 Å². The summed E-state index contributed by atoms with van der Waals surface area (Å²) in [5, 5.41) is 0. The van der Waals surface area contributed by atoms with Crippen LogP contribution in [-0.4, -0.2) is 5.87 Å². The summed E-state index contributed by atoms with van der Waals surface area (Å²) in [5.41, 5.74) is 2.95. The summed E-state index contributed by atoms with van der Waals surface area (Å²) in [4.78, 5) is 4.15. The Hall–Kier alpha value is -1.07. The zero-order valence-electron chi connectivity index (χ0n) is 10.5. The van der Waals surface area contributed by atoms with Crippen molar-refractivity contribution in [2.24, 2.45) is 16.3 Å². The third-order valence-electron chi connectivity index (χ3n) is 3.15. The van der Waals surface area contributed by atoms with Crippen LogP contribution in [0.5, 0.6) is 0 Å². The summed E-state index contributed by atoms with van der Waals surface area (Å²) < 4.78 is 0. The third-order valence-corrected chi connectivity index (χ3v) is 3.15. The highest BCUT2D eigenvalue weighted by atomic mass is 14.7. The van der Waals surface area contributed by atoms with Crippen LogP contribution >= 0.6 is 0 Å². The topological polar surface area (TPSA) is 12.4 Å². The molecular formula is C14H21N. The Balaban J connectivity index is 3.15. The zero-order valence-corrected chi connectivity index (χ0v) is 10.5. The van der Waals surface area contributed by atoms with E-state index in [1.807, 2.05) is 12.3 Å². The molecule has 1 nitrogen and oxygen atoms in total. The van der Waals surface area contributed by atoms with Crippen LogP contribution < -0.4 is 0 Å². The van der Waals surface area contributed by atoms with Gasteiger partial charge in [-0.25, -0.2) is 4.99 Å². The van der Waals surface area contributed by atoms with Crippen molar-refractivity contribution in [3.8, 4) is 0 Å². The van der Waals surface area contributed by atoms with Crippen LogP contribution in [0.25, 0.3) is 0 Å². The fraction of sp³-hybridized carbons (Fsp3) is 0.571. The van der Waals surface area contributed by atoms with Gasteiger partial charge in [0.15, 0.2) is 0 Å². The van der Waals surface area contributed by atoms with Gasteiger partial charge in [0.2, 0.25) is 0 Å². The lowest BCUT2D eigenvalue weighted by atomic mass is 9.75. The van der Waals surface area contributed by atoms with Gasteiger partial charge in [0, 0.05) is 6.20 Å². The van der Waals surface area contributed by atoms with E-state index >= 15 is 0 Å². The molecule has 0 saturated carbocycles. The summed E-state index contributed by atoms with van der Waals surface area (Å²) in [5.74, 6) is 3.42. The van der Waals surface area contributed by atoms with E-state index < -0.39 is 0 Å². The Labute approximate surface area is 93.3 Å². The minimum atomic E-state index is 0.216. The lowest BCUT2D eigenvalue weighted by Gasteiger charge is -2.29. The Morgan fingerprint density at radius 1 is 1.40 bits per heavy atom. The van der Waals surface area contributed by atoms with Crippen molar-refractivity contribution in [2.75, 3.05) is 0 Å². The summed E-state index contributed by atoms with van der Waals surface area (Å²) in [6.07, 6.45) is 7.17. The molecule has 1 heterocycles. The van der Waals surface area contributed by atoms with Crippen LogP contribution in [-0.2, 0) is 0 Å². The molecule has 15 heavy (non-hydrogen) atoms. The third kappa shape index (κ3) is 2.70. The highest BCUT2D eigenvalue weighted by Gasteiger charge is 2.25. The van der Waals surface area contributed by atoms with Gasteiger partial charge in [0.1, 0.15) is 0 Å². The minimum Gasteiger partial charge on any atom is -0.214 e. The first kappa shape index (κ1) is 12.0. The second kappa shape index (κ2) is 4.63. The van der Waals surface area contributed by atoms with Crippen LogP contribution in [0.1, 0.15) is 41.0 Å². The lowest BCUT2D eigenvalue weighted by Crippen LogP contribution is -2.17. The zero-order chi connectivity index (χ0) is 11.5. The first-order valence-electron chi connectivity index (χ1n) is 5.69. The van der Waals surface area contributed by atoms with Gasteiger partial charge in [0.25, 0.3) is 0 Å². The summed E-state index contributed by atoms with van der Waals surface area (Å²) >= 11 is 0. The normalized spacial score (nSPS) is 16.4. The predicted molar refractivity (Wildman–Crippen MR) is 67.1 cm³/mol. The van der Waals surface area contributed by atoms with E-state index in [1.165, 1.54) is 11.1 Å². The van der Waals surface area contributed by atoms with Crippen LogP contribution in [0.3, 0.4) is 0 Å². The molecule has 0 saturated heterocycles. The lowest BCUT2D eigenvalue weighted by molar-refractivity contribution is 0.427. The summed E-state index contributed by atoms with van der Waals surface area (Å²) in [6.45, 7) is 11.2. The van der Waals surface area contributed by atoms with E-state index in [9.17, 15) is 0 Å². The first-order chi connectivity index (χ1) is 6.99. The Bertz CT molecular complexity index is 348. The van der Waals surface area contributed by atoms with Gasteiger partial charge in [0.05, 0.1) is 0 Å². The number of allylic oxidation sites excluding steroid dienone is 4. The molecule has 0 atom stereocenters. The molecule has 1 aliphatic rings. The van der Waals surface area contributed by atoms with Crippen molar-refractivity contribution in [1.82, 2.24) is 0 Å². The van der Waals surface area contributed by atoms with Crippen LogP contribution in [0.4, 0.5) is 0 Å². The van der Waals surface area contributed by atoms with Crippen molar-refractivity contribution in [1.29, 1.82) is 0 Å². The van der Waals surface area contributed by atoms with E-state index in [0.29, 0.717) is 5.92 Å². The molecule has 0 unspecified atom stereocenters. The van der Waals surface area contributed by atoms with Gasteiger partial charge >= 0.3 is 0 Å². The molecule has 0 bridgehead atoms. The van der Waals surface area contributed by atoms with Crippen LogP contribution in [0.15, 0.2) is 34.5 Å². The Kier molecular flexibility index (Phi) is 3.71. The minimum absolute atomic E-state index is 0.216. The number of nitrogens with zero attached hydrogens (tertiary/aromatic N) is 1. The van der Waals surface area contributed by atoms with Crippen molar-refractivity contribution >= 4 is 5.87 Å². The Morgan fingerprint density at radius 2 is 2.07 bits per heavy atom. The number of aliphatic imine (C=N–C) groups is 1. The maximum Gasteiger partial charge on any atom is 0.0405 e. The molecule has 0 spiro atoms. The molecule has 0 aromatic carbocycles. The van der Waals surface area contributed by atoms with Gasteiger partial charge in [-0.2, -0.15) is 0 Å². The van der Waals surface area contributed by atoms with Crippen molar-refractivity contribution in [3.63, 3.8) is 0 Å². The molecular weight excluding hydrogens is 182 g/mol. The highest BCUT2D eigenvalue weighted by molar-refractivity contribution is 5.60. The molecule has 0 fully saturated rings. The van der Waals surface area contributed by atoms with E-state index in [1.54, 1.807) is 0 Å². The fourth-order valence-electron chi connectivity index (χ4n) is 1.70. The van der Waals surface area contributed by atoms with Gasteiger partial charge in [-0.1, -0.05) is 34.6 Å². The van der Waals surface area contributed by atoms with Crippen molar-refractivity contribution < 1.29 is 0 Å². The Morgan fingerprint density at radius 3 is 2.60 bits per heavy atom. The van der Waals surface area contributed by atoms with E-state index in [0.717, 1.165) is 6.42 Å². The van der Waals surface area contributed by atoms with E-state index in [4.69, 9.17) is 0 Å². The molecule has 0 amide bonds. The molecule has 1 aliphatic heterocycles. The largest absolute Gasteiger partial charge is 0.214 e. The first-order valence-corrected chi connectivity index (χ1v) is 5.69. The van der Waals surface area contributed by atoms with Crippen LogP contribution in [0.2, 0.25) is 0 Å². The van der Waals surface area contributed by atoms with Gasteiger partial charge in [-0.3, -0.25) is 0 Å². The average molecular weight is 203 g/mol. The standard InChI is InChI=1S/C14H21N/c1-6-14(4,5)13-8-7-9-15-10-12(13)11(2)3/h7-8,10-11H,6H2,1-5H3. The summed E-state index contributed by atoms with van der Waals surface area (Å²) in [6, 6.07) is 0. The van der Waals surface area contributed by atoms with Gasteiger partial charge in [-0.15, -0.1) is 0 Å². The van der Waals surface area contributed by atoms with Gasteiger partial charge in [-0.05, 0) is 46.9 Å². The molecule has 1 heteroatoms. The second-order valence-electron chi connectivity index (χ2n) is 4.98. The molecule has 0 radical (unpaired) electrons. The van der Waals surface area contributed by atoms with Gasteiger partial charge < -0.3 is 0 Å². The predicted octanol–water partition coefficient (Wildman–Crippen LogP) is 4.13. The molecule has 0 N–H and O–H groups in total. The highest BCUT2D eigenvalue weighted by Crippen LogP contribution is 2.38. The summed E-state index contributed by atoms with van der Waals surface area (Å²) in [7, 11) is 0. The number of hydrogen-bond acceptors (Lipinski definition) is 1. The van der Waals surface area contributed by atoms with Crippen molar-refractivity contribution in [2.45, 2.75) is 41.0 Å². The molecule has 1 rings (SSSR count). The van der Waals surface area contributed by atoms with E-state index in [-0.39, 0.29) is 5.41 Å². The molecule has 0 aliphatic carbocycles. The molecule has 0 aromatic rings. The molecule has 0 aromatic heterocycles. The molecule has 82 valence electrons. The maximum atomic E-state index is 4.15. The number of rotatable bonds is 3.